The third kappa shape index (κ3) is 5.68. The van der Waals surface area contributed by atoms with Crippen LogP contribution in [0.5, 0.6) is 5.75 Å². The van der Waals surface area contributed by atoms with E-state index in [1.54, 1.807) is 42.5 Å². The van der Waals surface area contributed by atoms with Crippen molar-refractivity contribution < 1.29 is 18.7 Å². The summed E-state index contributed by atoms with van der Waals surface area (Å²) in [5.41, 5.74) is 2.54. The number of amides is 2. The van der Waals surface area contributed by atoms with E-state index in [0.717, 1.165) is 5.56 Å². The standard InChI is InChI=1S/C31H28FN5O3/c1-2-40-28-19-11-10-18-27(28)37(29(38)21-36-26-17-9-8-16-25(26)34-35-36)30(23-14-6-7-15-24(23)32)31(39)33-20-22-12-4-3-5-13-22/h3-19,30H,2,20-21H2,1H3,(H,33,39). The number of ether oxygens (including phenoxy) is 1. The Morgan fingerprint density at radius 3 is 2.42 bits per heavy atom. The van der Waals surface area contributed by atoms with E-state index in [1.807, 2.05) is 55.5 Å². The van der Waals surface area contributed by atoms with Crippen LogP contribution in [0.1, 0.15) is 24.1 Å². The maximum absolute atomic E-state index is 15.4. The van der Waals surface area contributed by atoms with Gasteiger partial charge in [-0.1, -0.05) is 78.0 Å². The summed E-state index contributed by atoms with van der Waals surface area (Å²) < 4.78 is 22.7. The Hall–Kier alpha value is -5.05. The van der Waals surface area contributed by atoms with E-state index in [2.05, 4.69) is 15.6 Å². The first-order valence-corrected chi connectivity index (χ1v) is 12.9. The number of nitrogens with zero attached hydrogens (tertiary/aromatic N) is 4. The first-order chi connectivity index (χ1) is 19.6. The number of anilines is 1. The van der Waals surface area contributed by atoms with Crippen molar-refractivity contribution in [2.75, 3.05) is 11.5 Å². The number of aromatic nitrogens is 3. The molecule has 40 heavy (non-hydrogen) atoms. The van der Waals surface area contributed by atoms with Gasteiger partial charge in [0, 0.05) is 12.1 Å². The molecular weight excluding hydrogens is 509 g/mol. The fourth-order valence-corrected chi connectivity index (χ4v) is 4.57. The van der Waals surface area contributed by atoms with Crippen LogP contribution in [-0.2, 0) is 22.7 Å². The number of hydrogen-bond acceptors (Lipinski definition) is 5. The molecule has 0 spiro atoms. The van der Waals surface area contributed by atoms with Crippen molar-refractivity contribution in [1.29, 1.82) is 0 Å². The Balaban J connectivity index is 1.60. The lowest BCUT2D eigenvalue weighted by Crippen LogP contribution is -2.45. The largest absolute Gasteiger partial charge is 0.492 e. The summed E-state index contributed by atoms with van der Waals surface area (Å²) in [5, 5.41) is 11.2. The third-order valence-corrected chi connectivity index (χ3v) is 6.41. The highest BCUT2D eigenvalue weighted by Crippen LogP contribution is 2.36. The van der Waals surface area contributed by atoms with Gasteiger partial charge in [-0.25, -0.2) is 9.07 Å². The molecule has 0 saturated carbocycles. The van der Waals surface area contributed by atoms with Gasteiger partial charge < -0.3 is 10.1 Å². The van der Waals surface area contributed by atoms with E-state index in [-0.39, 0.29) is 18.7 Å². The lowest BCUT2D eigenvalue weighted by Gasteiger charge is -2.32. The normalized spacial score (nSPS) is 11.7. The first kappa shape index (κ1) is 26.6. The molecule has 5 aromatic rings. The van der Waals surface area contributed by atoms with Crippen LogP contribution in [0.15, 0.2) is 103 Å². The van der Waals surface area contributed by atoms with Crippen molar-refractivity contribution in [3.8, 4) is 5.75 Å². The number of carbonyl (C=O) groups excluding carboxylic acids is 2. The Labute approximate surface area is 231 Å². The van der Waals surface area contributed by atoms with Crippen molar-refractivity contribution >= 4 is 28.5 Å². The molecule has 1 N–H and O–H groups in total. The molecule has 1 unspecified atom stereocenters. The van der Waals surface area contributed by atoms with Gasteiger partial charge in [0.15, 0.2) is 0 Å². The third-order valence-electron chi connectivity index (χ3n) is 6.41. The number of fused-ring (bicyclic) bond motifs is 1. The van der Waals surface area contributed by atoms with Crippen LogP contribution < -0.4 is 15.0 Å². The second kappa shape index (κ2) is 12.2. The minimum atomic E-state index is -1.34. The van der Waals surface area contributed by atoms with Gasteiger partial charge in [0.1, 0.15) is 29.7 Å². The summed E-state index contributed by atoms with van der Waals surface area (Å²) in [6, 6.07) is 28.2. The van der Waals surface area contributed by atoms with Crippen LogP contribution in [0.3, 0.4) is 0 Å². The second-order valence-electron chi connectivity index (χ2n) is 9.03. The van der Waals surface area contributed by atoms with E-state index in [4.69, 9.17) is 4.74 Å². The number of halogens is 1. The molecule has 1 aromatic heterocycles. The Morgan fingerprint density at radius 1 is 0.925 bits per heavy atom. The van der Waals surface area contributed by atoms with E-state index in [1.165, 1.54) is 21.7 Å². The van der Waals surface area contributed by atoms with Crippen LogP contribution in [-0.4, -0.2) is 33.4 Å². The van der Waals surface area contributed by atoms with Gasteiger partial charge in [-0.05, 0) is 42.8 Å². The molecule has 0 aliphatic rings. The van der Waals surface area contributed by atoms with Crippen molar-refractivity contribution in [2.24, 2.45) is 0 Å². The summed E-state index contributed by atoms with van der Waals surface area (Å²) in [4.78, 5) is 29.4. The fraction of sp³-hybridized carbons (Fsp3) is 0.161. The molecule has 202 valence electrons. The highest BCUT2D eigenvalue weighted by molar-refractivity contribution is 6.02. The number of para-hydroxylation sites is 3. The molecule has 9 heteroatoms. The van der Waals surface area contributed by atoms with Crippen molar-refractivity contribution in [3.05, 3.63) is 120 Å². The summed E-state index contributed by atoms with van der Waals surface area (Å²) in [6.45, 7) is 2.12. The van der Waals surface area contributed by atoms with Crippen LogP contribution >= 0.6 is 0 Å². The summed E-state index contributed by atoms with van der Waals surface area (Å²) in [5.74, 6) is -1.26. The van der Waals surface area contributed by atoms with Gasteiger partial charge in [0.05, 0.1) is 17.8 Å². The minimum Gasteiger partial charge on any atom is -0.492 e. The average Bonchev–Trinajstić information content (AvgIpc) is 3.39. The zero-order chi connectivity index (χ0) is 27.9. The number of benzene rings is 4. The summed E-state index contributed by atoms with van der Waals surface area (Å²) in [6.07, 6.45) is 0. The minimum absolute atomic E-state index is 0.0520. The highest BCUT2D eigenvalue weighted by atomic mass is 19.1. The Kier molecular flexibility index (Phi) is 8.10. The molecule has 0 aliphatic carbocycles. The molecule has 5 rings (SSSR count). The van der Waals surface area contributed by atoms with Crippen molar-refractivity contribution in [2.45, 2.75) is 26.1 Å². The quantitative estimate of drug-likeness (QED) is 0.269. The van der Waals surface area contributed by atoms with Gasteiger partial charge in [-0.2, -0.15) is 0 Å². The van der Waals surface area contributed by atoms with E-state index in [9.17, 15) is 9.59 Å². The summed E-state index contributed by atoms with van der Waals surface area (Å²) >= 11 is 0. The monoisotopic (exact) mass is 537 g/mol. The molecule has 0 radical (unpaired) electrons. The molecule has 0 fully saturated rings. The predicted molar refractivity (Wildman–Crippen MR) is 150 cm³/mol. The van der Waals surface area contributed by atoms with Gasteiger partial charge in [0.2, 0.25) is 11.8 Å². The van der Waals surface area contributed by atoms with Gasteiger partial charge in [0.25, 0.3) is 0 Å². The average molecular weight is 538 g/mol. The smallest absolute Gasteiger partial charge is 0.249 e. The molecule has 8 nitrogen and oxygen atoms in total. The fourth-order valence-electron chi connectivity index (χ4n) is 4.57. The van der Waals surface area contributed by atoms with Gasteiger partial charge >= 0.3 is 0 Å². The van der Waals surface area contributed by atoms with E-state index in [0.29, 0.717) is 29.1 Å². The molecule has 0 aliphatic heterocycles. The molecule has 1 heterocycles. The lowest BCUT2D eigenvalue weighted by atomic mass is 10.0. The maximum atomic E-state index is 15.4. The molecule has 0 bridgehead atoms. The predicted octanol–water partition coefficient (Wildman–Crippen LogP) is 5.06. The van der Waals surface area contributed by atoms with Crippen molar-refractivity contribution in [1.82, 2.24) is 20.3 Å². The first-order valence-electron chi connectivity index (χ1n) is 12.9. The summed E-state index contributed by atoms with van der Waals surface area (Å²) in [7, 11) is 0. The Morgan fingerprint density at radius 2 is 1.62 bits per heavy atom. The number of hydrogen-bond donors (Lipinski definition) is 1. The Bertz CT molecular complexity index is 1620. The van der Waals surface area contributed by atoms with E-state index < -0.39 is 23.7 Å². The van der Waals surface area contributed by atoms with Crippen LogP contribution in [0.4, 0.5) is 10.1 Å². The zero-order valence-electron chi connectivity index (χ0n) is 21.9. The van der Waals surface area contributed by atoms with Crippen LogP contribution in [0, 0.1) is 5.82 Å². The number of rotatable bonds is 10. The SMILES string of the molecule is CCOc1ccccc1N(C(=O)Cn1nnc2ccccc21)C(C(=O)NCc1ccccc1)c1ccccc1F. The maximum Gasteiger partial charge on any atom is 0.249 e. The van der Waals surface area contributed by atoms with Gasteiger partial charge in [-0.15, -0.1) is 5.10 Å². The highest BCUT2D eigenvalue weighted by Gasteiger charge is 2.36. The molecule has 4 aromatic carbocycles. The molecular formula is C31H28FN5O3. The second-order valence-corrected chi connectivity index (χ2v) is 9.03. The van der Waals surface area contributed by atoms with Gasteiger partial charge in [-0.3, -0.25) is 14.5 Å². The molecule has 1 atom stereocenters. The number of nitrogens with one attached hydrogen (secondary N) is 1. The molecule has 2 amide bonds. The van der Waals surface area contributed by atoms with Crippen LogP contribution in [0.25, 0.3) is 11.0 Å². The van der Waals surface area contributed by atoms with Crippen molar-refractivity contribution in [3.63, 3.8) is 0 Å². The zero-order valence-corrected chi connectivity index (χ0v) is 21.9. The topological polar surface area (TPSA) is 89.3 Å². The van der Waals surface area contributed by atoms with E-state index >= 15 is 4.39 Å². The lowest BCUT2D eigenvalue weighted by molar-refractivity contribution is -0.127. The number of carbonyl (C=O) groups is 2. The van der Waals surface area contributed by atoms with Crippen LogP contribution in [0.2, 0.25) is 0 Å². The molecule has 0 saturated heterocycles.